The third kappa shape index (κ3) is 32.1. The lowest BCUT2D eigenvalue weighted by atomic mass is 10.1. The van der Waals surface area contributed by atoms with Crippen molar-refractivity contribution in [2.75, 3.05) is 20.3 Å². The molecule has 1 aromatic rings. The van der Waals surface area contributed by atoms with Crippen molar-refractivity contribution in [3.05, 3.63) is 54.1 Å². The molecule has 1 aromatic carbocycles. The largest absolute Gasteiger partial charge is 0.504 e. The number of carbonyl (C=O) groups excluding carboxylic acids is 3. The Bertz CT molecular complexity index is 1240. The van der Waals surface area contributed by atoms with E-state index in [2.05, 4.69) is 38.2 Å². The van der Waals surface area contributed by atoms with Gasteiger partial charge in [-0.3, -0.25) is 9.59 Å². The second kappa shape index (κ2) is 38.0. The number of rotatable bonds is 38. The highest BCUT2D eigenvalue weighted by Crippen LogP contribution is 2.26. The van der Waals surface area contributed by atoms with E-state index in [1.165, 1.54) is 122 Å². The SMILES string of the molecule is CCCCCCCC/C=C/CCCCCCCC(=O)OCC(COC(=O)/C=C/c1ccc(O)c(OC)c1)OC(=O)CCCCCCC/C=C/CCCCCCCC. The molecule has 0 heterocycles. The molecule has 8 nitrogen and oxygen atoms in total. The van der Waals surface area contributed by atoms with Gasteiger partial charge in [0.2, 0.25) is 0 Å². The van der Waals surface area contributed by atoms with E-state index < -0.39 is 18.0 Å². The fraction of sp³-hybridized carbons (Fsp3) is 0.694. The molecule has 0 aliphatic heterocycles. The lowest BCUT2D eigenvalue weighted by Crippen LogP contribution is -2.30. The summed E-state index contributed by atoms with van der Waals surface area (Å²) in [5.41, 5.74) is 0.633. The normalized spacial score (nSPS) is 12.1. The number of unbranched alkanes of at least 4 members (excludes halogenated alkanes) is 22. The molecule has 0 amide bonds. The highest BCUT2D eigenvalue weighted by Gasteiger charge is 2.19. The third-order valence-corrected chi connectivity index (χ3v) is 10.0. The Morgan fingerprint density at radius 1 is 0.579 bits per heavy atom. The van der Waals surface area contributed by atoms with Gasteiger partial charge in [0.1, 0.15) is 13.2 Å². The van der Waals surface area contributed by atoms with Gasteiger partial charge < -0.3 is 24.1 Å². The summed E-state index contributed by atoms with van der Waals surface area (Å²) in [4.78, 5) is 37.8. The van der Waals surface area contributed by atoms with Crippen LogP contribution < -0.4 is 4.74 Å². The minimum atomic E-state index is -0.898. The van der Waals surface area contributed by atoms with E-state index in [9.17, 15) is 19.5 Å². The summed E-state index contributed by atoms with van der Waals surface area (Å²) in [6.07, 6.45) is 42.3. The maximum Gasteiger partial charge on any atom is 0.330 e. The van der Waals surface area contributed by atoms with Gasteiger partial charge in [0.05, 0.1) is 7.11 Å². The fourth-order valence-corrected chi connectivity index (χ4v) is 6.48. The first-order valence-corrected chi connectivity index (χ1v) is 22.8. The molecular weight excluding hydrogens is 717 g/mol. The zero-order valence-corrected chi connectivity index (χ0v) is 36.3. The molecule has 0 aromatic heterocycles. The van der Waals surface area contributed by atoms with Crippen molar-refractivity contribution < 1.29 is 38.4 Å². The minimum absolute atomic E-state index is 0.00421. The van der Waals surface area contributed by atoms with Crippen LogP contribution in [-0.4, -0.2) is 49.4 Å². The zero-order chi connectivity index (χ0) is 41.4. The standard InChI is InChI=1S/C49H80O8/c1-4-6-8-10-12-14-16-18-20-22-24-26-28-30-32-34-47(51)55-41-44(42-56-48(52)39-37-43-36-38-45(50)46(40-43)54-3)57-49(53)35-33-31-29-27-25-23-21-19-17-15-13-11-9-7-5-2/h18-21,36-40,44,50H,4-17,22-35,41-42H2,1-3H3/b20-18+,21-19+,39-37+. The van der Waals surface area contributed by atoms with Crippen LogP contribution in [0.4, 0.5) is 0 Å². The Labute approximate surface area is 347 Å². The van der Waals surface area contributed by atoms with Gasteiger partial charge >= 0.3 is 17.9 Å². The lowest BCUT2D eigenvalue weighted by Gasteiger charge is -2.18. The second-order valence-electron chi connectivity index (χ2n) is 15.4. The first-order valence-electron chi connectivity index (χ1n) is 22.8. The van der Waals surface area contributed by atoms with Crippen LogP contribution in [0.1, 0.15) is 199 Å². The maximum atomic E-state index is 12.7. The smallest absolute Gasteiger partial charge is 0.330 e. The Kier molecular flexibility index (Phi) is 34.3. The van der Waals surface area contributed by atoms with Crippen molar-refractivity contribution in [1.82, 2.24) is 0 Å². The highest BCUT2D eigenvalue weighted by molar-refractivity contribution is 5.87. The molecule has 1 unspecified atom stereocenters. The Balaban J connectivity index is 2.38. The molecule has 1 rings (SSSR count). The number of esters is 3. The summed E-state index contributed by atoms with van der Waals surface area (Å²) in [7, 11) is 1.45. The molecule has 8 heteroatoms. The van der Waals surface area contributed by atoms with Crippen molar-refractivity contribution in [2.45, 2.75) is 200 Å². The number of methoxy groups -OCH3 is 1. The van der Waals surface area contributed by atoms with Crippen molar-refractivity contribution >= 4 is 24.0 Å². The van der Waals surface area contributed by atoms with Gasteiger partial charge in [0.15, 0.2) is 17.6 Å². The summed E-state index contributed by atoms with van der Waals surface area (Å²) in [5, 5.41) is 9.81. The van der Waals surface area contributed by atoms with E-state index in [0.29, 0.717) is 18.4 Å². The van der Waals surface area contributed by atoms with E-state index in [4.69, 9.17) is 18.9 Å². The molecule has 0 saturated carbocycles. The monoisotopic (exact) mass is 797 g/mol. The summed E-state index contributed by atoms with van der Waals surface area (Å²) < 4.78 is 21.6. The van der Waals surface area contributed by atoms with Gasteiger partial charge in [0.25, 0.3) is 0 Å². The Morgan fingerprint density at radius 3 is 1.51 bits per heavy atom. The molecule has 0 saturated heterocycles. The van der Waals surface area contributed by atoms with E-state index in [1.54, 1.807) is 12.1 Å². The Hall–Kier alpha value is -3.55. The molecule has 0 aliphatic carbocycles. The number of aromatic hydroxyl groups is 1. The summed E-state index contributed by atoms with van der Waals surface area (Å²) >= 11 is 0. The number of hydrogen-bond donors (Lipinski definition) is 1. The van der Waals surface area contributed by atoms with Crippen molar-refractivity contribution in [2.24, 2.45) is 0 Å². The highest BCUT2D eigenvalue weighted by atomic mass is 16.6. The number of allylic oxidation sites excluding steroid dienone is 4. The first-order chi connectivity index (χ1) is 27.9. The fourth-order valence-electron chi connectivity index (χ4n) is 6.48. The van der Waals surface area contributed by atoms with E-state index in [1.807, 2.05) is 0 Å². The molecule has 0 radical (unpaired) electrons. The van der Waals surface area contributed by atoms with Gasteiger partial charge in [-0.25, -0.2) is 4.79 Å². The van der Waals surface area contributed by atoms with Crippen molar-refractivity contribution in [1.29, 1.82) is 0 Å². The second-order valence-corrected chi connectivity index (χ2v) is 15.4. The average molecular weight is 797 g/mol. The van der Waals surface area contributed by atoms with Crippen LogP contribution >= 0.6 is 0 Å². The third-order valence-electron chi connectivity index (χ3n) is 10.0. The number of phenolic OH excluding ortho intramolecular Hbond substituents is 1. The molecule has 57 heavy (non-hydrogen) atoms. The number of benzene rings is 1. The van der Waals surface area contributed by atoms with Crippen LogP contribution in [0.25, 0.3) is 6.08 Å². The molecule has 324 valence electrons. The number of hydrogen-bond acceptors (Lipinski definition) is 8. The molecule has 1 atom stereocenters. The van der Waals surface area contributed by atoms with E-state index in [-0.39, 0.29) is 37.1 Å². The molecule has 0 fully saturated rings. The number of carbonyl (C=O) groups is 3. The first kappa shape index (κ1) is 51.5. The van der Waals surface area contributed by atoms with E-state index in [0.717, 1.165) is 64.2 Å². The van der Waals surface area contributed by atoms with Crippen LogP contribution in [-0.2, 0) is 28.6 Å². The van der Waals surface area contributed by atoms with Gasteiger partial charge in [-0.2, -0.15) is 0 Å². The molecule has 0 aliphatic rings. The van der Waals surface area contributed by atoms with Crippen molar-refractivity contribution in [3.8, 4) is 11.5 Å². The number of phenols is 1. The summed E-state index contributed by atoms with van der Waals surface area (Å²) in [6.45, 7) is 4.09. The predicted octanol–water partition coefficient (Wildman–Crippen LogP) is 13.5. The zero-order valence-electron chi connectivity index (χ0n) is 36.3. The quantitative estimate of drug-likeness (QED) is 0.0232. The van der Waals surface area contributed by atoms with Crippen molar-refractivity contribution in [3.63, 3.8) is 0 Å². The maximum absolute atomic E-state index is 12.7. The topological polar surface area (TPSA) is 108 Å². The van der Waals surface area contributed by atoms with Crippen LogP contribution in [0, 0.1) is 0 Å². The Morgan fingerprint density at radius 2 is 1.02 bits per heavy atom. The van der Waals surface area contributed by atoms with Crippen LogP contribution in [0.5, 0.6) is 11.5 Å². The molecule has 1 N–H and O–H groups in total. The van der Waals surface area contributed by atoms with Gasteiger partial charge in [-0.1, -0.05) is 147 Å². The van der Waals surface area contributed by atoms with Gasteiger partial charge in [-0.05, 0) is 88.0 Å². The van der Waals surface area contributed by atoms with Crippen LogP contribution in [0.3, 0.4) is 0 Å². The van der Waals surface area contributed by atoms with Crippen LogP contribution in [0.15, 0.2) is 48.6 Å². The molecular formula is C49H80O8. The summed E-state index contributed by atoms with van der Waals surface area (Å²) in [5.74, 6) is -1.10. The summed E-state index contributed by atoms with van der Waals surface area (Å²) in [6, 6.07) is 4.70. The molecule has 0 spiro atoms. The molecule has 0 bridgehead atoms. The van der Waals surface area contributed by atoms with Gasteiger partial charge in [0, 0.05) is 18.9 Å². The average Bonchev–Trinajstić information content (AvgIpc) is 3.21. The van der Waals surface area contributed by atoms with E-state index >= 15 is 0 Å². The minimum Gasteiger partial charge on any atom is -0.504 e. The number of ether oxygens (including phenoxy) is 4. The predicted molar refractivity (Wildman–Crippen MR) is 234 cm³/mol. The van der Waals surface area contributed by atoms with Crippen LogP contribution in [0.2, 0.25) is 0 Å². The lowest BCUT2D eigenvalue weighted by molar-refractivity contribution is -0.165. The van der Waals surface area contributed by atoms with Gasteiger partial charge in [-0.15, -0.1) is 0 Å².